The number of aryl methyl sites for hydroxylation is 2. The van der Waals surface area contributed by atoms with E-state index in [2.05, 4.69) is 11.3 Å². The molecule has 6 heteroatoms. The number of carbonyl (C=O) groups is 1. The van der Waals surface area contributed by atoms with E-state index in [4.69, 9.17) is 0 Å². The molecule has 0 aliphatic heterocycles. The maximum absolute atomic E-state index is 12.4. The third-order valence-corrected chi connectivity index (χ3v) is 5.06. The van der Waals surface area contributed by atoms with E-state index in [1.54, 1.807) is 24.0 Å². The molecular weight excluding hydrogens is 312 g/mol. The number of hydrogen-bond donors (Lipinski definition) is 1. The molecule has 0 atom stereocenters. The van der Waals surface area contributed by atoms with Crippen LogP contribution in [0.2, 0.25) is 0 Å². The maximum atomic E-state index is 12.4. The molecular formula is C17H26N2O3S. The second kappa shape index (κ2) is 8.26. The van der Waals surface area contributed by atoms with Crippen molar-refractivity contribution in [3.63, 3.8) is 0 Å². The van der Waals surface area contributed by atoms with E-state index in [0.717, 1.165) is 11.1 Å². The van der Waals surface area contributed by atoms with Crippen LogP contribution in [0.25, 0.3) is 0 Å². The molecule has 0 spiro atoms. The van der Waals surface area contributed by atoms with Crippen LogP contribution in [-0.4, -0.2) is 38.9 Å². The first-order chi connectivity index (χ1) is 10.7. The Morgan fingerprint density at radius 2 is 1.96 bits per heavy atom. The molecule has 0 saturated heterocycles. The van der Waals surface area contributed by atoms with Gasteiger partial charge in [-0.05, 0) is 44.9 Å². The quantitative estimate of drug-likeness (QED) is 0.740. The molecule has 1 aromatic rings. The fourth-order valence-electron chi connectivity index (χ4n) is 2.23. The van der Waals surface area contributed by atoms with Crippen molar-refractivity contribution in [1.82, 2.24) is 9.62 Å². The monoisotopic (exact) mass is 338 g/mol. The van der Waals surface area contributed by atoms with Crippen LogP contribution in [0.1, 0.15) is 31.4 Å². The first-order valence-electron chi connectivity index (χ1n) is 7.66. The van der Waals surface area contributed by atoms with Crippen molar-refractivity contribution >= 4 is 15.9 Å². The van der Waals surface area contributed by atoms with E-state index in [-0.39, 0.29) is 23.8 Å². The lowest BCUT2D eigenvalue weighted by Crippen LogP contribution is -2.35. The normalized spacial score (nSPS) is 11.3. The Balaban J connectivity index is 2.68. The number of sulfonamides is 1. The highest BCUT2D eigenvalue weighted by Gasteiger charge is 2.18. The lowest BCUT2D eigenvalue weighted by molar-refractivity contribution is -0.130. The summed E-state index contributed by atoms with van der Waals surface area (Å²) in [6.07, 6.45) is 0.130. The zero-order chi connectivity index (χ0) is 17.6. The highest BCUT2D eigenvalue weighted by Crippen LogP contribution is 2.16. The van der Waals surface area contributed by atoms with Gasteiger partial charge in [0.1, 0.15) is 0 Å². The van der Waals surface area contributed by atoms with E-state index in [9.17, 15) is 13.2 Å². The Labute approximate surface area is 139 Å². The summed E-state index contributed by atoms with van der Waals surface area (Å²) in [5.74, 6) is -0.0841. The zero-order valence-corrected chi connectivity index (χ0v) is 15.2. The number of benzene rings is 1. The van der Waals surface area contributed by atoms with E-state index < -0.39 is 10.0 Å². The van der Waals surface area contributed by atoms with Crippen molar-refractivity contribution in [2.45, 2.75) is 39.0 Å². The minimum Gasteiger partial charge on any atom is -0.339 e. The average Bonchev–Trinajstić information content (AvgIpc) is 2.46. The van der Waals surface area contributed by atoms with Crippen molar-refractivity contribution in [2.75, 3.05) is 19.6 Å². The Kier molecular flexibility index (Phi) is 6.97. The van der Waals surface area contributed by atoms with E-state index in [0.29, 0.717) is 18.7 Å². The molecule has 0 bridgehead atoms. The fourth-order valence-corrected chi connectivity index (χ4v) is 3.59. The Bertz CT molecular complexity index is 681. The number of hydrogen-bond acceptors (Lipinski definition) is 3. The van der Waals surface area contributed by atoms with Crippen LogP contribution >= 0.6 is 0 Å². The largest absolute Gasteiger partial charge is 0.339 e. The number of amides is 1. The molecule has 1 N–H and O–H groups in total. The highest BCUT2D eigenvalue weighted by atomic mass is 32.2. The molecule has 5 nitrogen and oxygen atoms in total. The third kappa shape index (κ3) is 5.80. The van der Waals surface area contributed by atoms with Gasteiger partial charge in [0.25, 0.3) is 0 Å². The molecule has 128 valence electrons. The van der Waals surface area contributed by atoms with Gasteiger partial charge >= 0.3 is 0 Å². The summed E-state index contributed by atoms with van der Waals surface area (Å²) >= 11 is 0. The number of nitrogens with zero attached hydrogens (tertiary/aromatic N) is 1. The molecule has 1 amide bonds. The van der Waals surface area contributed by atoms with Crippen molar-refractivity contribution in [3.8, 4) is 0 Å². The average molecular weight is 338 g/mol. The maximum Gasteiger partial charge on any atom is 0.240 e. The van der Waals surface area contributed by atoms with Crippen LogP contribution in [0, 0.1) is 13.8 Å². The minimum atomic E-state index is -3.60. The first-order valence-corrected chi connectivity index (χ1v) is 9.14. The van der Waals surface area contributed by atoms with Gasteiger partial charge in [0.05, 0.1) is 4.90 Å². The molecule has 0 aromatic heterocycles. The van der Waals surface area contributed by atoms with Crippen molar-refractivity contribution in [1.29, 1.82) is 0 Å². The second-order valence-electron chi connectivity index (χ2n) is 5.78. The standard InChI is InChI=1S/C17H26N2O3S/c1-6-19(12-13(2)3)17(20)9-10-18-23(21,22)16-11-14(4)7-8-15(16)5/h7-8,11,18H,2,6,9-10,12H2,1,3-5H3. The Morgan fingerprint density at radius 1 is 1.30 bits per heavy atom. The van der Waals surface area contributed by atoms with Gasteiger partial charge in [0, 0.05) is 26.1 Å². The summed E-state index contributed by atoms with van der Waals surface area (Å²) in [5, 5.41) is 0. The van der Waals surface area contributed by atoms with Gasteiger partial charge in [-0.1, -0.05) is 24.3 Å². The van der Waals surface area contributed by atoms with Crippen molar-refractivity contribution < 1.29 is 13.2 Å². The summed E-state index contributed by atoms with van der Waals surface area (Å²) < 4.78 is 27.2. The smallest absolute Gasteiger partial charge is 0.240 e. The fraction of sp³-hybridized carbons (Fsp3) is 0.471. The van der Waals surface area contributed by atoms with E-state index in [1.165, 1.54) is 0 Å². The number of carbonyl (C=O) groups excluding carboxylic acids is 1. The van der Waals surface area contributed by atoms with Gasteiger partial charge in [-0.3, -0.25) is 4.79 Å². The molecule has 0 unspecified atom stereocenters. The minimum absolute atomic E-state index is 0.0841. The van der Waals surface area contributed by atoms with Gasteiger partial charge in [-0.25, -0.2) is 13.1 Å². The molecule has 1 aromatic carbocycles. The lowest BCUT2D eigenvalue weighted by Gasteiger charge is -2.21. The summed E-state index contributed by atoms with van der Waals surface area (Å²) in [6, 6.07) is 5.29. The number of nitrogens with one attached hydrogen (secondary N) is 1. The Hall–Kier alpha value is -1.66. The van der Waals surface area contributed by atoms with Gasteiger partial charge in [0.2, 0.25) is 15.9 Å². The summed E-state index contributed by atoms with van der Waals surface area (Å²) in [6.45, 7) is 12.3. The topological polar surface area (TPSA) is 66.5 Å². The predicted molar refractivity (Wildman–Crippen MR) is 92.8 cm³/mol. The van der Waals surface area contributed by atoms with Crippen molar-refractivity contribution in [3.05, 3.63) is 41.5 Å². The number of rotatable bonds is 8. The molecule has 0 fully saturated rings. The molecule has 0 aliphatic rings. The van der Waals surface area contributed by atoms with Gasteiger partial charge in [0.15, 0.2) is 0 Å². The highest BCUT2D eigenvalue weighted by molar-refractivity contribution is 7.89. The number of likely N-dealkylation sites (N-methyl/N-ethyl adjacent to an activating group) is 1. The predicted octanol–water partition coefficient (Wildman–Crippen LogP) is 2.40. The first kappa shape index (κ1) is 19.4. The molecule has 1 rings (SSSR count). The second-order valence-corrected chi connectivity index (χ2v) is 7.52. The molecule has 0 radical (unpaired) electrons. The third-order valence-electron chi connectivity index (χ3n) is 3.46. The van der Waals surface area contributed by atoms with Crippen LogP contribution in [0.3, 0.4) is 0 Å². The zero-order valence-electron chi connectivity index (χ0n) is 14.3. The SMILES string of the molecule is C=C(C)CN(CC)C(=O)CCNS(=O)(=O)c1cc(C)ccc1C. The van der Waals surface area contributed by atoms with Crippen LogP contribution in [0.5, 0.6) is 0 Å². The molecule has 0 heterocycles. The molecule has 23 heavy (non-hydrogen) atoms. The van der Waals surface area contributed by atoms with Crippen LogP contribution < -0.4 is 4.72 Å². The summed E-state index contributed by atoms with van der Waals surface area (Å²) in [7, 11) is -3.60. The van der Waals surface area contributed by atoms with Gasteiger partial charge in [-0.15, -0.1) is 0 Å². The lowest BCUT2D eigenvalue weighted by atomic mass is 10.2. The summed E-state index contributed by atoms with van der Waals surface area (Å²) in [4.78, 5) is 14.0. The molecule has 0 saturated carbocycles. The van der Waals surface area contributed by atoms with Gasteiger partial charge in [-0.2, -0.15) is 0 Å². The van der Waals surface area contributed by atoms with E-state index >= 15 is 0 Å². The van der Waals surface area contributed by atoms with Gasteiger partial charge < -0.3 is 4.90 Å². The summed E-state index contributed by atoms with van der Waals surface area (Å²) in [5.41, 5.74) is 2.47. The van der Waals surface area contributed by atoms with Crippen LogP contribution in [0.4, 0.5) is 0 Å². The van der Waals surface area contributed by atoms with Crippen LogP contribution in [0.15, 0.2) is 35.2 Å². The molecule has 0 aliphatic carbocycles. The van der Waals surface area contributed by atoms with E-state index in [1.807, 2.05) is 26.8 Å². The Morgan fingerprint density at radius 3 is 2.52 bits per heavy atom. The van der Waals surface area contributed by atoms with Crippen LogP contribution in [-0.2, 0) is 14.8 Å². The van der Waals surface area contributed by atoms with Crippen molar-refractivity contribution in [2.24, 2.45) is 0 Å².